The van der Waals surface area contributed by atoms with Gasteiger partial charge in [-0.25, -0.2) is 4.98 Å². The van der Waals surface area contributed by atoms with Crippen molar-refractivity contribution in [2.24, 2.45) is 5.92 Å². The number of carbonyl (C=O) groups excluding carboxylic acids is 1. The fourth-order valence-corrected chi connectivity index (χ4v) is 1.61. The molecule has 1 amide bonds. The van der Waals surface area contributed by atoms with Gasteiger partial charge in [0.05, 0.1) is 6.04 Å². The Balaban J connectivity index is 2.56. The summed E-state index contributed by atoms with van der Waals surface area (Å²) in [5.41, 5.74) is 0. The van der Waals surface area contributed by atoms with Gasteiger partial charge in [0, 0.05) is 11.6 Å². The van der Waals surface area contributed by atoms with E-state index in [2.05, 4.69) is 10.3 Å². The predicted octanol–water partition coefficient (Wildman–Crippen LogP) is 1.04. The number of hydrogen-bond donors (Lipinski definition) is 2. The molecule has 82 valence electrons. The number of aliphatic carboxylic acids is 1. The summed E-state index contributed by atoms with van der Waals surface area (Å²) in [4.78, 5) is 25.9. The van der Waals surface area contributed by atoms with E-state index in [4.69, 9.17) is 5.11 Å². The third-order valence-corrected chi connectivity index (χ3v) is 2.90. The number of thiazole rings is 1. The third-order valence-electron chi connectivity index (χ3n) is 1.94. The lowest BCUT2D eigenvalue weighted by atomic mass is 10.1. The number of rotatable bonds is 4. The number of aromatic nitrogens is 1. The van der Waals surface area contributed by atoms with Gasteiger partial charge in [0.2, 0.25) is 5.91 Å². The first-order valence-corrected chi connectivity index (χ1v) is 5.33. The van der Waals surface area contributed by atoms with Crippen molar-refractivity contribution in [3.63, 3.8) is 0 Å². The van der Waals surface area contributed by atoms with Crippen LogP contribution in [-0.4, -0.2) is 22.0 Å². The number of hydrogen-bond acceptors (Lipinski definition) is 4. The molecule has 0 aromatic carbocycles. The molecule has 0 radical (unpaired) electrons. The van der Waals surface area contributed by atoms with Crippen molar-refractivity contribution in [2.45, 2.75) is 19.9 Å². The Hall–Kier alpha value is -1.43. The minimum Gasteiger partial charge on any atom is -0.481 e. The van der Waals surface area contributed by atoms with Gasteiger partial charge in [-0.15, -0.1) is 11.3 Å². The molecule has 15 heavy (non-hydrogen) atoms. The van der Waals surface area contributed by atoms with Crippen LogP contribution in [0.4, 0.5) is 0 Å². The standard InChI is InChI=1S/C9H12N2O3S/c1-5(9(13)14)7(12)11-6(2)8-10-3-4-15-8/h3-6H,1-2H3,(H,11,12)(H,13,14). The van der Waals surface area contributed by atoms with Gasteiger partial charge in [0.15, 0.2) is 0 Å². The molecule has 0 aliphatic heterocycles. The van der Waals surface area contributed by atoms with Gasteiger partial charge in [-0.2, -0.15) is 0 Å². The van der Waals surface area contributed by atoms with Crippen LogP contribution in [0.1, 0.15) is 24.9 Å². The van der Waals surface area contributed by atoms with Crippen LogP contribution in [0, 0.1) is 5.92 Å². The number of carboxylic acid groups (broad SMARTS) is 1. The normalized spacial score (nSPS) is 14.3. The molecule has 1 rings (SSSR count). The molecule has 1 aromatic heterocycles. The zero-order chi connectivity index (χ0) is 11.4. The average molecular weight is 228 g/mol. The van der Waals surface area contributed by atoms with E-state index >= 15 is 0 Å². The van der Waals surface area contributed by atoms with Gasteiger partial charge in [-0.3, -0.25) is 9.59 Å². The highest BCUT2D eigenvalue weighted by Gasteiger charge is 2.22. The first-order chi connectivity index (χ1) is 7.02. The van der Waals surface area contributed by atoms with Crippen LogP contribution in [0.15, 0.2) is 11.6 Å². The van der Waals surface area contributed by atoms with Crippen LogP contribution >= 0.6 is 11.3 Å². The van der Waals surface area contributed by atoms with Gasteiger partial charge in [-0.05, 0) is 13.8 Å². The second kappa shape index (κ2) is 4.88. The van der Waals surface area contributed by atoms with E-state index in [0.29, 0.717) is 0 Å². The molecule has 0 saturated carbocycles. The Labute approximate surface area is 91.1 Å². The summed E-state index contributed by atoms with van der Waals surface area (Å²) in [6.07, 6.45) is 1.64. The molecule has 0 bridgehead atoms. The van der Waals surface area contributed by atoms with Crippen molar-refractivity contribution in [2.75, 3.05) is 0 Å². The van der Waals surface area contributed by atoms with Gasteiger partial charge in [-0.1, -0.05) is 0 Å². The van der Waals surface area contributed by atoms with Crippen molar-refractivity contribution in [1.29, 1.82) is 0 Å². The van der Waals surface area contributed by atoms with Crippen molar-refractivity contribution in [1.82, 2.24) is 10.3 Å². The molecule has 1 aromatic rings. The smallest absolute Gasteiger partial charge is 0.315 e. The van der Waals surface area contributed by atoms with E-state index in [1.807, 2.05) is 0 Å². The van der Waals surface area contributed by atoms with Crippen LogP contribution in [-0.2, 0) is 9.59 Å². The van der Waals surface area contributed by atoms with E-state index in [9.17, 15) is 9.59 Å². The number of nitrogens with one attached hydrogen (secondary N) is 1. The summed E-state index contributed by atoms with van der Waals surface area (Å²) in [5.74, 6) is -2.66. The summed E-state index contributed by atoms with van der Waals surface area (Å²) in [6.45, 7) is 3.12. The van der Waals surface area contributed by atoms with E-state index in [-0.39, 0.29) is 6.04 Å². The quantitative estimate of drug-likeness (QED) is 0.755. The van der Waals surface area contributed by atoms with Crippen LogP contribution in [0.2, 0.25) is 0 Å². The summed E-state index contributed by atoms with van der Waals surface area (Å²) in [7, 11) is 0. The number of carbonyl (C=O) groups is 2. The molecule has 0 aliphatic rings. The Morgan fingerprint density at radius 3 is 2.67 bits per heavy atom. The second-order valence-electron chi connectivity index (χ2n) is 3.16. The molecule has 2 N–H and O–H groups in total. The Morgan fingerprint density at radius 1 is 1.53 bits per heavy atom. The molecule has 0 saturated heterocycles. The molecule has 2 atom stereocenters. The zero-order valence-corrected chi connectivity index (χ0v) is 9.25. The Morgan fingerprint density at radius 2 is 2.20 bits per heavy atom. The van der Waals surface area contributed by atoms with Crippen molar-refractivity contribution in [3.8, 4) is 0 Å². The van der Waals surface area contributed by atoms with Crippen molar-refractivity contribution < 1.29 is 14.7 Å². The van der Waals surface area contributed by atoms with Gasteiger partial charge < -0.3 is 10.4 Å². The minimum absolute atomic E-state index is 0.251. The maximum Gasteiger partial charge on any atom is 0.315 e. The maximum absolute atomic E-state index is 11.4. The maximum atomic E-state index is 11.4. The topological polar surface area (TPSA) is 79.3 Å². The second-order valence-corrected chi connectivity index (χ2v) is 4.09. The van der Waals surface area contributed by atoms with Crippen molar-refractivity contribution in [3.05, 3.63) is 16.6 Å². The first kappa shape index (κ1) is 11.6. The summed E-state index contributed by atoms with van der Waals surface area (Å²) in [5, 5.41) is 13.8. The molecule has 0 fully saturated rings. The lowest BCUT2D eigenvalue weighted by Gasteiger charge is -2.13. The van der Waals surface area contributed by atoms with E-state index in [0.717, 1.165) is 5.01 Å². The molecular formula is C9H12N2O3S. The van der Waals surface area contributed by atoms with Gasteiger partial charge in [0.25, 0.3) is 0 Å². The van der Waals surface area contributed by atoms with Crippen LogP contribution in [0.3, 0.4) is 0 Å². The van der Waals surface area contributed by atoms with Crippen molar-refractivity contribution >= 4 is 23.2 Å². The molecule has 5 nitrogen and oxygen atoms in total. The summed E-state index contributed by atoms with van der Waals surface area (Å²) in [6, 6.07) is -0.251. The Bertz CT molecular complexity index is 350. The summed E-state index contributed by atoms with van der Waals surface area (Å²) >= 11 is 1.42. The molecule has 0 spiro atoms. The van der Waals surface area contributed by atoms with E-state index < -0.39 is 17.8 Å². The van der Waals surface area contributed by atoms with Gasteiger partial charge in [0.1, 0.15) is 10.9 Å². The molecule has 2 unspecified atom stereocenters. The average Bonchev–Trinajstić information content (AvgIpc) is 2.68. The fraction of sp³-hybridized carbons (Fsp3) is 0.444. The Kier molecular flexibility index (Phi) is 3.79. The highest BCUT2D eigenvalue weighted by molar-refractivity contribution is 7.09. The lowest BCUT2D eigenvalue weighted by Crippen LogP contribution is -2.35. The number of amides is 1. The highest BCUT2D eigenvalue weighted by Crippen LogP contribution is 2.15. The third kappa shape index (κ3) is 3.02. The van der Waals surface area contributed by atoms with Crippen LogP contribution in [0.25, 0.3) is 0 Å². The molecule has 6 heteroatoms. The predicted molar refractivity (Wildman–Crippen MR) is 55.5 cm³/mol. The summed E-state index contributed by atoms with van der Waals surface area (Å²) < 4.78 is 0. The number of nitrogens with zero attached hydrogens (tertiary/aromatic N) is 1. The minimum atomic E-state index is -1.13. The number of carboxylic acids is 1. The first-order valence-electron chi connectivity index (χ1n) is 4.45. The fourth-order valence-electron chi connectivity index (χ4n) is 0.961. The van der Waals surface area contributed by atoms with Crippen LogP contribution in [0.5, 0.6) is 0 Å². The van der Waals surface area contributed by atoms with Gasteiger partial charge >= 0.3 is 5.97 Å². The largest absolute Gasteiger partial charge is 0.481 e. The van der Waals surface area contributed by atoms with E-state index in [1.54, 1.807) is 18.5 Å². The zero-order valence-electron chi connectivity index (χ0n) is 8.43. The monoisotopic (exact) mass is 228 g/mol. The van der Waals surface area contributed by atoms with Crippen LogP contribution < -0.4 is 5.32 Å². The highest BCUT2D eigenvalue weighted by atomic mass is 32.1. The lowest BCUT2D eigenvalue weighted by molar-refractivity contribution is -0.146. The molecular weight excluding hydrogens is 216 g/mol. The van der Waals surface area contributed by atoms with E-state index in [1.165, 1.54) is 18.3 Å². The molecule has 1 heterocycles. The molecule has 0 aliphatic carbocycles. The SMILES string of the molecule is CC(C(=O)O)C(=O)NC(C)c1nccs1.